The molecule has 1 aliphatic carbocycles. The first-order valence-corrected chi connectivity index (χ1v) is 6.15. The Kier molecular flexibility index (Phi) is 2.76. The highest BCUT2D eigenvalue weighted by Gasteiger charge is 2.22. The Morgan fingerprint density at radius 3 is 3.16 bits per heavy atom. The van der Waals surface area contributed by atoms with Gasteiger partial charge in [0.2, 0.25) is 0 Å². The van der Waals surface area contributed by atoms with Crippen LogP contribution in [0.4, 0.5) is 5.69 Å². The number of rotatable bonds is 2. The molecule has 3 rings (SSSR count). The van der Waals surface area contributed by atoms with Gasteiger partial charge in [-0.3, -0.25) is 9.89 Å². The second-order valence-electron chi connectivity index (χ2n) is 4.53. The summed E-state index contributed by atoms with van der Waals surface area (Å²) in [5, 5.41) is 18.6. The lowest BCUT2D eigenvalue weighted by Crippen LogP contribution is -2.14. The van der Waals surface area contributed by atoms with Crippen molar-refractivity contribution >= 4 is 11.6 Å². The molecule has 0 spiro atoms. The van der Waals surface area contributed by atoms with Gasteiger partial charge in [0.15, 0.2) is 5.69 Å². The van der Waals surface area contributed by atoms with Crippen LogP contribution < -0.4 is 5.32 Å². The van der Waals surface area contributed by atoms with Gasteiger partial charge in [-0.1, -0.05) is 6.07 Å². The van der Waals surface area contributed by atoms with Gasteiger partial charge >= 0.3 is 0 Å². The van der Waals surface area contributed by atoms with Crippen LogP contribution in [0.1, 0.15) is 33.7 Å². The molecule has 1 aromatic carbocycles. The minimum absolute atomic E-state index is 0.227. The van der Waals surface area contributed by atoms with Gasteiger partial charge < -0.3 is 5.32 Å². The first-order valence-electron chi connectivity index (χ1n) is 6.15. The second-order valence-corrected chi connectivity index (χ2v) is 4.53. The number of aromatic nitrogens is 2. The molecule has 2 aromatic rings. The molecule has 1 aliphatic rings. The van der Waals surface area contributed by atoms with Gasteiger partial charge in [-0.05, 0) is 37.5 Å². The van der Waals surface area contributed by atoms with Crippen molar-refractivity contribution in [1.29, 1.82) is 5.26 Å². The number of anilines is 1. The number of nitrogens with zero attached hydrogens (tertiary/aromatic N) is 2. The van der Waals surface area contributed by atoms with E-state index in [9.17, 15) is 4.79 Å². The molecule has 0 saturated carbocycles. The molecule has 0 bridgehead atoms. The van der Waals surface area contributed by atoms with Gasteiger partial charge in [0.1, 0.15) is 0 Å². The largest absolute Gasteiger partial charge is 0.321 e. The minimum atomic E-state index is -0.227. The molecule has 1 heterocycles. The zero-order valence-electron chi connectivity index (χ0n) is 10.2. The lowest BCUT2D eigenvalue weighted by molar-refractivity contribution is 0.102. The number of benzene rings is 1. The van der Waals surface area contributed by atoms with E-state index in [0.29, 0.717) is 16.9 Å². The molecular weight excluding hydrogens is 240 g/mol. The summed E-state index contributed by atoms with van der Waals surface area (Å²) in [7, 11) is 0. The Bertz CT molecular complexity index is 681. The number of hydrogen-bond acceptors (Lipinski definition) is 3. The third-order valence-corrected chi connectivity index (χ3v) is 3.27. The molecule has 0 radical (unpaired) electrons. The van der Waals surface area contributed by atoms with Crippen molar-refractivity contribution in [2.75, 3.05) is 5.32 Å². The Labute approximate surface area is 110 Å². The lowest BCUT2D eigenvalue weighted by atomic mass is 10.2. The first-order chi connectivity index (χ1) is 9.28. The topological polar surface area (TPSA) is 81.6 Å². The molecule has 5 heteroatoms. The van der Waals surface area contributed by atoms with Crippen LogP contribution in [0, 0.1) is 11.3 Å². The zero-order valence-corrected chi connectivity index (χ0v) is 10.2. The first kappa shape index (κ1) is 11.5. The van der Waals surface area contributed by atoms with Crippen molar-refractivity contribution in [2.45, 2.75) is 19.3 Å². The summed E-state index contributed by atoms with van der Waals surface area (Å²) in [6.07, 6.45) is 2.92. The number of amides is 1. The quantitative estimate of drug-likeness (QED) is 0.857. The van der Waals surface area contributed by atoms with Gasteiger partial charge in [-0.2, -0.15) is 10.4 Å². The van der Waals surface area contributed by atoms with Crippen LogP contribution in [0.15, 0.2) is 24.3 Å². The Hall–Kier alpha value is -2.61. The number of carbonyl (C=O) groups excluding carboxylic acids is 1. The SMILES string of the molecule is N#Cc1cccc(NC(=O)c2n[nH]c3c2CCC3)c1. The van der Waals surface area contributed by atoms with Gasteiger partial charge in [0, 0.05) is 16.9 Å². The molecule has 0 unspecified atom stereocenters. The van der Waals surface area contributed by atoms with E-state index in [2.05, 4.69) is 15.5 Å². The van der Waals surface area contributed by atoms with Crippen LogP contribution in [-0.4, -0.2) is 16.1 Å². The number of fused-ring (bicyclic) bond motifs is 1. The molecule has 19 heavy (non-hydrogen) atoms. The number of nitriles is 1. The summed E-state index contributed by atoms with van der Waals surface area (Å²) in [6.45, 7) is 0. The van der Waals surface area contributed by atoms with Crippen LogP contribution >= 0.6 is 0 Å². The number of nitrogens with one attached hydrogen (secondary N) is 2. The summed E-state index contributed by atoms with van der Waals surface area (Å²) < 4.78 is 0. The predicted octanol–water partition coefficient (Wildman–Crippen LogP) is 2.02. The maximum absolute atomic E-state index is 12.2. The summed E-state index contributed by atoms with van der Waals surface area (Å²) in [6, 6.07) is 8.88. The summed E-state index contributed by atoms with van der Waals surface area (Å²) in [5.41, 5.74) is 3.68. The van der Waals surface area contributed by atoms with Crippen molar-refractivity contribution in [3.05, 3.63) is 46.8 Å². The fourth-order valence-corrected chi connectivity index (χ4v) is 2.36. The highest BCUT2D eigenvalue weighted by atomic mass is 16.1. The Balaban J connectivity index is 1.83. The van der Waals surface area contributed by atoms with E-state index < -0.39 is 0 Å². The maximum Gasteiger partial charge on any atom is 0.276 e. The fourth-order valence-electron chi connectivity index (χ4n) is 2.36. The predicted molar refractivity (Wildman–Crippen MR) is 69.7 cm³/mol. The lowest BCUT2D eigenvalue weighted by Gasteiger charge is -2.04. The van der Waals surface area contributed by atoms with Crippen molar-refractivity contribution in [1.82, 2.24) is 10.2 Å². The zero-order chi connectivity index (χ0) is 13.2. The summed E-state index contributed by atoms with van der Waals surface area (Å²) >= 11 is 0. The van der Waals surface area contributed by atoms with E-state index in [4.69, 9.17) is 5.26 Å². The van der Waals surface area contributed by atoms with E-state index in [-0.39, 0.29) is 5.91 Å². The fraction of sp³-hybridized carbons (Fsp3) is 0.214. The van der Waals surface area contributed by atoms with Crippen molar-refractivity contribution < 1.29 is 4.79 Å². The molecule has 1 amide bonds. The number of aryl methyl sites for hydroxylation is 1. The number of aromatic amines is 1. The van der Waals surface area contributed by atoms with E-state index in [1.54, 1.807) is 24.3 Å². The standard InChI is InChI=1S/C14H12N4O/c15-8-9-3-1-4-10(7-9)16-14(19)13-11-5-2-6-12(11)17-18-13/h1,3-4,7H,2,5-6H2,(H,16,19)(H,17,18). The van der Waals surface area contributed by atoms with Crippen molar-refractivity contribution in [3.63, 3.8) is 0 Å². The van der Waals surface area contributed by atoms with Gasteiger partial charge in [-0.15, -0.1) is 0 Å². The molecule has 94 valence electrons. The number of H-pyrrole nitrogens is 1. The van der Waals surface area contributed by atoms with E-state index in [1.165, 1.54) is 0 Å². The van der Waals surface area contributed by atoms with Crippen LogP contribution in [0.2, 0.25) is 0 Å². The molecular formula is C14H12N4O. The average Bonchev–Trinajstić information content (AvgIpc) is 3.01. The molecule has 5 nitrogen and oxygen atoms in total. The maximum atomic E-state index is 12.2. The normalized spacial score (nSPS) is 12.8. The van der Waals surface area contributed by atoms with E-state index >= 15 is 0 Å². The molecule has 0 atom stereocenters. The van der Waals surface area contributed by atoms with E-state index in [0.717, 1.165) is 30.5 Å². The van der Waals surface area contributed by atoms with Gasteiger partial charge in [0.05, 0.1) is 11.6 Å². The summed E-state index contributed by atoms with van der Waals surface area (Å²) in [5.74, 6) is -0.227. The van der Waals surface area contributed by atoms with Crippen molar-refractivity contribution in [2.24, 2.45) is 0 Å². The van der Waals surface area contributed by atoms with Gasteiger partial charge in [0.25, 0.3) is 5.91 Å². The third-order valence-electron chi connectivity index (χ3n) is 3.27. The number of hydrogen-bond donors (Lipinski definition) is 2. The van der Waals surface area contributed by atoms with Gasteiger partial charge in [-0.25, -0.2) is 0 Å². The highest BCUT2D eigenvalue weighted by Crippen LogP contribution is 2.23. The number of carbonyl (C=O) groups is 1. The van der Waals surface area contributed by atoms with Crippen molar-refractivity contribution in [3.8, 4) is 6.07 Å². The molecule has 0 saturated heterocycles. The van der Waals surface area contributed by atoms with Crippen LogP contribution in [0.25, 0.3) is 0 Å². The summed E-state index contributed by atoms with van der Waals surface area (Å²) in [4.78, 5) is 12.2. The Morgan fingerprint density at radius 1 is 1.42 bits per heavy atom. The van der Waals surface area contributed by atoms with Crippen LogP contribution in [-0.2, 0) is 12.8 Å². The third kappa shape index (κ3) is 2.08. The molecule has 0 fully saturated rings. The molecule has 2 N–H and O–H groups in total. The minimum Gasteiger partial charge on any atom is -0.321 e. The molecule has 0 aliphatic heterocycles. The highest BCUT2D eigenvalue weighted by molar-refractivity contribution is 6.04. The van der Waals surface area contributed by atoms with Crippen LogP contribution in [0.5, 0.6) is 0 Å². The van der Waals surface area contributed by atoms with E-state index in [1.807, 2.05) is 6.07 Å². The molecule has 1 aromatic heterocycles. The monoisotopic (exact) mass is 252 g/mol. The smallest absolute Gasteiger partial charge is 0.276 e. The Morgan fingerprint density at radius 2 is 2.32 bits per heavy atom. The second kappa shape index (κ2) is 4.58. The average molecular weight is 252 g/mol. The van der Waals surface area contributed by atoms with Crippen LogP contribution in [0.3, 0.4) is 0 Å².